The van der Waals surface area contributed by atoms with Gasteiger partial charge in [0.25, 0.3) is 10.0 Å². The molecule has 0 bridgehead atoms. The molecule has 3 aromatic carbocycles. The zero-order valence-corrected chi connectivity index (χ0v) is 19.4. The molecule has 1 unspecified atom stereocenters. The average molecular weight is 473 g/mol. The summed E-state index contributed by atoms with van der Waals surface area (Å²) in [5.74, 6) is 0.0740. The zero-order chi connectivity index (χ0) is 23.7. The Balaban J connectivity index is 1.70. The lowest BCUT2D eigenvalue weighted by Gasteiger charge is -2.31. The highest BCUT2D eigenvalue weighted by Gasteiger charge is 2.48. The van der Waals surface area contributed by atoms with E-state index in [0.29, 0.717) is 18.1 Å². The lowest BCUT2D eigenvalue weighted by molar-refractivity contribution is 0.0978. The second-order valence-corrected chi connectivity index (χ2v) is 9.92. The number of ketones is 1. The number of imidazole rings is 1. The summed E-state index contributed by atoms with van der Waals surface area (Å²) in [5.41, 5.74) is 2.46. The van der Waals surface area contributed by atoms with Crippen LogP contribution in [0.15, 0.2) is 91.0 Å². The van der Waals surface area contributed by atoms with Crippen molar-refractivity contribution in [2.75, 3.05) is 16.2 Å². The Kier molecular flexibility index (Phi) is 5.67. The molecule has 34 heavy (non-hydrogen) atoms. The minimum atomic E-state index is -4.00. The Labute approximate surface area is 198 Å². The molecule has 0 amide bonds. The van der Waals surface area contributed by atoms with E-state index in [4.69, 9.17) is 0 Å². The van der Waals surface area contributed by atoms with Crippen LogP contribution in [-0.4, -0.2) is 30.3 Å². The second kappa shape index (κ2) is 8.79. The van der Waals surface area contributed by atoms with Crippen molar-refractivity contribution in [2.24, 2.45) is 0 Å². The molecule has 0 saturated heterocycles. The summed E-state index contributed by atoms with van der Waals surface area (Å²) in [5, 5.41) is 1.98. The molecule has 0 aliphatic carbocycles. The van der Waals surface area contributed by atoms with Crippen molar-refractivity contribution in [2.45, 2.75) is 18.7 Å². The number of carbonyl (C=O) groups is 1. The number of fused-ring (bicyclic) bond motifs is 1. The molecule has 172 valence electrons. The van der Waals surface area contributed by atoms with Crippen LogP contribution >= 0.6 is 0 Å². The van der Waals surface area contributed by atoms with Gasteiger partial charge in [-0.25, -0.2) is 8.42 Å². The Hall–Kier alpha value is -3.91. The van der Waals surface area contributed by atoms with Crippen LogP contribution in [0.5, 0.6) is 0 Å². The summed E-state index contributed by atoms with van der Waals surface area (Å²) in [6.45, 7) is 2.38. The number of hydrogen-bond acceptors (Lipinski definition) is 5. The number of nitrogens with zero attached hydrogens (tertiary/aromatic N) is 3. The number of para-hydroxylation sites is 1. The molecule has 7 nitrogen and oxygen atoms in total. The van der Waals surface area contributed by atoms with Gasteiger partial charge < -0.3 is 5.32 Å². The molecule has 1 N–H and O–H groups in total. The lowest BCUT2D eigenvalue weighted by Crippen LogP contribution is -2.43. The van der Waals surface area contributed by atoms with Crippen LogP contribution in [0.1, 0.15) is 33.8 Å². The fraction of sp³-hybridized carbons (Fsp3) is 0.154. The van der Waals surface area contributed by atoms with Crippen molar-refractivity contribution in [1.82, 2.24) is 9.55 Å². The van der Waals surface area contributed by atoms with Crippen LogP contribution in [0.3, 0.4) is 0 Å². The number of aromatic nitrogens is 2. The second-order valence-electron chi connectivity index (χ2n) is 7.98. The minimum Gasteiger partial charge on any atom is -0.351 e. The van der Waals surface area contributed by atoms with Gasteiger partial charge in [-0.05, 0) is 30.2 Å². The van der Waals surface area contributed by atoms with E-state index >= 15 is 0 Å². The number of sulfonamides is 1. The first-order chi connectivity index (χ1) is 16.5. The number of rotatable bonds is 6. The first-order valence-corrected chi connectivity index (χ1v) is 12.6. The SMILES string of the molecule is CCN1c2nc(NCc3ccccc3)n(-c3ccccc3)c2C(=O)C(c2ccccc2)S1(=O)=O. The van der Waals surface area contributed by atoms with Gasteiger partial charge in [-0.1, -0.05) is 78.9 Å². The first kappa shape index (κ1) is 21.9. The van der Waals surface area contributed by atoms with Gasteiger partial charge in [0.1, 0.15) is 5.69 Å². The largest absolute Gasteiger partial charge is 0.351 e. The van der Waals surface area contributed by atoms with Crippen LogP contribution in [-0.2, 0) is 16.6 Å². The fourth-order valence-electron chi connectivity index (χ4n) is 4.32. The molecule has 0 saturated carbocycles. The molecular weight excluding hydrogens is 448 g/mol. The van der Waals surface area contributed by atoms with Crippen LogP contribution in [0, 0.1) is 0 Å². The summed E-state index contributed by atoms with van der Waals surface area (Å²) in [4.78, 5) is 18.5. The van der Waals surface area contributed by atoms with E-state index in [-0.39, 0.29) is 18.1 Å². The standard InChI is InChI=1S/C26H24N4O3S/c1-2-29-25-22(23(31)24(34(29,32)33)20-14-8-4-9-15-20)30(21-16-10-5-11-17-21)26(28-25)27-18-19-12-6-3-7-13-19/h3-17,24H,2,18H2,1H3,(H,27,28). The minimum absolute atomic E-state index is 0.152. The molecule has 8 heteroatoms. The monoisotopic (exact) mass is 472 g/mol. The third-order valence-corrected chi connectivity index (χ3v) is 8.00. The van der Waals surface area contributed by atoms with Crippen molar-refractivity contribution < 1.29 is 13.2 Å². The number of anilines is 2. The van der Waals surface area contributed by atoms with E-state index in [9.17, 15) is 13.2 Å². The Morgan fingerprint density at radius 1 is 0.882 bits per heavy atom. The normalized spacial score (nSPS) is 16.8. The highest BCUT2D eigenvalue weighted by Crippen LogP contribution is 2.42. The maximum atomic E-state index is 13.9. The van der Waals surface area contributed by atoms with E-state index in [1.165, 1.54) is 4.31 Å². The number of carbonyl (C=O) groups excluding carboxylic acids is 1. The van der Waals surface area contributed by atoms with Crippen LogP contribution in [0.4, 0.5) is 11.8 Å². The van der Waals surface area contributed by atoms with Gasteiger partial charge >= 0.3 is 0 Å². The Morgan fingerprint density at radius 2 is 1.47 bits per heavy atom. The highest BCUT2D eigenvalue weighted by atomic mass is 32.2. The third kappa shape index (κ3) is 3.66. The van der Waals surface area contributed by atoms with E-state index in [0.717, 1.165) is 11.3 Å². The molecule has 0 fully saturated rings. The van der Waals surface area contributed by atoms with Gasteiger partial charge in [-0.15, -0.1) is 0 Å². The van der Waals surface area contributed by atoms with Gasteiger partial charge in [0.05, 0.1) is 0 Å². The quantitative estimate of drug-likeness (QED) is 0.444. The summed E-state index contributed by atoms with van der Waals surface area (Å²) < 4.78 is 30.2. The van der Waals surface area contributed by atoms with Crippen molar-refractivity contribution in [3.8, 4) is 5.69 Å². The van der Waals surface area contributed by atoms with Gasteiger partial charge in [-0.3, -0.25) is 13.7 Å². The highest BCUT2D eigenvalue weighted by molar-refractivity contribution is 7.94. The molecule has 4 aromatic rings. The van der Waals surface area contributed by atoms with Gasteiger partial charge in [0.15, 0.2) is 11.1 Å². The Morgan fingerprint density at radius 3 is 2.09 bits per heavy atom. The van der Waals surface area contributed by atoms with Crippen molar-refractivity contribution in [1.29, 1.82) is 0 Å². The first-order valence-electron chi connectivity index (χ1n) is 11.1. The van der Waals surface area contributed by atoms with Crippen LogP contribution in [0.2, 0.25) is 0 Å². The molecule has 0 radical (unpaired) electrons. The average Bonchev–Trinajstić information content (AvgIpc) is 3.23. The van der Waals surface area contributed by atoms with E-state index in [1.54, 1.807) is 41.8 Å². The van der Waals surface area contributed by atoms with Crippen LogP contribution < -0.4 is 9.62 Å². The topological polar surface area (TPSA) is 84.3 Å². The van der Waals surface area contributed by atoms with Crippen molar-refractivity contribution >= 4 is 27.6 Å². The summed E-state index contributed by atoms with van der Waals surface area (Å²) in [6.07, 6.45) is 0. The zero-order valence-electron chi connectivity index (χ0n) is 18.6. The smallest absolute Gasteiger partial charge is 0.251 e. The predicted octanol–water partition coefficient (Wildman–Crippen LogP) is 4.58. The van der Waals surface area contributed by atoms with Gasteiger partial charge in [-0.2, -0.15) is 4.98 Å². The molecule has 2 heterocycles. The maximum Gasteiger partial charge on any atom is 0.251 e. The number of benzene rings is 3. The molecule has 1 aromatic heterocycles. The van der Waals surface area contributed by atoms with Gasteiger partial charge in [0.2, 0.25) is 11.7 Å². The molecular formula is C26H24N4O3S. The number of hydrogen-bond donors (Lipinski definition) is 1. The maximum absolute atomic E-state index is 13.9. The molecule has 1 aliphatic rings. The number of nitrogens with one attached hydrogen (secondary N) is 1. The van der Waals surface area contributed by atoms with E-state index in [1.807, 2.05) is 60.7 Å². The van der Waals surface area contributed by atoms with E-state index < -0.39 is 21.1 Å². The van der Waals surface area contributed by atoms with Crippen molar-refractivity contribution in [3.63, 3.8) is 0 Å². The fourth-order valence-corrected chi connectivity index (χ4v) is 6.18. The molecule has 1 aliphatic heterocycles. The van der Waals surface area contributed by atoms with Gasteiger partial charge in [0, 0.05) is 18.8 Å². The lowest BCUT2D eigenvalue weighted by atomic mass is 10.1. The molecule has 1 atom stereocenters. The molecule has 5 rings (SSSR count). The molecule has 0 spiro atoms. The Bertz CT molecular complexity index is 1420. The predicted molar refractivity (Wildman–Crippen MR) is 133 cm³/mol. The van der Waals surface area contributed by atoms with Crippen LogP contribution in [0.25, 0.3) is 5.69 Å². The summed E-state index contributed by atoms with van der Waals surface area (Å²) >= 11 is 0. The number of Topliss-reactive ketones (excluding diaryl/α,β-unsaturated/α-hetero) is 1. The summed E-state index contributed by atoms with van der Waals surface area (Å²) in [7, 11) is -4.00. The van der Waals surface area contributed by atoms with E-state index in [2.05, 4.69) is 10.3 Å². The summed E-state index contributed by atoms with van der Waals surface area (Å²) in [6, 6.07) is 27.8. The third-order valence-electron chi connectivity index (χ3n) is 5.87. The van der Waals surface area contributed by atoms with Crippen molar-refractivity contribution in [3.05, 3.63) is 108 Å².